The van der Waals surface area contributed by atoms with E-state index in [0.717, 1.165) is 5.56 Å². The number of carbonyl (C=O) groups is 4. The Balaban J connectivity index is 1.78. The van der Waals surface area contributed by atoms with Crippen LogP contribution >= 0.6 is 11.8 Å². The summed E-state index contributed by atoms with van der Waals surface area (Å²) in [4.78, 5) is 47.5. The van der Waals surface area contributed by atoms with Crippen LogP contribution in [-0.2, 0) is 19.1 Å². The van der Waals surface area contributed by atoms with Gasteiger partial charge in [-0.05, 0) is 50.2 Å². The average Bonchev–Trinajstić information content (AvgIpc) is 2.77. The van der Waals surface area contributed by atoms with Crippen molar-refractivity contribution >= 4 is 46.8 Å². The van der Waals surface area contributed by atoms with Gasteiger partial charge in [0.05, 0.1) is 18.1 Å². The van der Waals surface area contributed by atoms with Crippen LogP contribution in [-0.4, -0.2) is 48.3 Å². The fourth-order valence-corrected chi connectivity index (χ4v) is 3.07. The molecule has 164 valence electrons. The summed E-state index contributed by atoms with van der Waals surface area (Å²) in [5.74, 6) is -1.27. The molecule has 2 aromatic carbocycles. The predicted molar refractivity (Wildman–Crippen MR) is 121 cm³/mol. The Bertz CT molecular complexity index is 929. The highest BCUT2D eigenvalue weighted by Crippen LogP contribution is 2.16. The van der Waals surface area contributed by atoms with E-state index < -0.39 is 17.1 Å². The van der Waals surface area contributed by atoms with Gasteiger partial charge in [0.15, 0.2) is 0 Å². The van der Waals surface area contributed by atoms with E-state index in [4.69, 9.17) is 0 Å². The van der Waals surface area contributed by atoms with Crippen LogP contribution in [0.1, 0.15) is 22.8 Å². The average molecular weight is 444 g/mol. The molecule has 1 unspecified atom stereocenters. The summed E-state index contributed by atoms with van der Waals surface area (Å²) in [6.07, 6.45) is 0. The van der Waals surface area contributed by atoms with Crippen LogP contribution in [0.3, 0.4) is 0 Å². The van der Waals surface area contributed by atoms with E-state index in [1.807, 2.05) is 31.2 Å². The number of thioether (sulfide) groups is 1. The first kappa shape index (κ1) is 23.9. The molecule has 0 aliphatic rings. The molecule has 0 aromatic heterocycles. The molecule has 2 rings (SSSR count). The predicted octanol–water partition coefficient (Wildman–Crippen LogP) is 2.60. The summed E-state index contributed by atoms with van der Waals surface area (Å²) in [5, 5.41) is 7.52. The highest BCUT2D eigenvalue weighted by Gasteiger charge is 2.16. The van der Waals surface area contributed by atoms with E-state index in [9.17, 15) is 19.2 Å². The zero-order chi connectivity index (χ0) is 22.8. The van der Waals surface area contributed by atoms with Crippen molar-refractivity contribution in [1.29, 1.82) is 0 Å². The van der Waals surface area contributed by atoms with Crippen molar-refractivity contribution < 1.29 is 23.9 Å². The monoisotopic (exact) mass is 443 g/mol. The van der Waals surface area contributed by atoms with Gasteiger partial charge in [0, 0.05) is 16.9 Å². The van der Waals surface area contributed by atoms with E-state index in [1.165, 1.54) is 31.0 Å². The minimum absolute atomic E-state index is 0.141. The van der Waals surface area contributed by atoms with E-state index >= 15 is 0 Å². The van der Waals surface area contributed by atoms with Crippen LogP contribution in [0.2, 0.25) is 0 Å². The molecule has 0 bridgehead atoms. The Kier molecular flexibility index (Phi) is 9.08. The molecule has 2 aromatic rings. The summed E-state index contributed by atoms with van der Waals surface area (Å²) in [6, 6.07) is 13.7. The van der Waals surface area contributed by atoms with Gasteiger partial charge < -0.3 is 20.7 Å². The maximum absolute atomic E-state index is 12.4. The Labute approximate surface area is 185 Å². The van der Waals surface area contributed by atoms with E-state index in [0.29, 0.717) is 16.9 Å². The molecule has 0 aliphatic carbocycles. The first-order valence-electron chi connectivity index (χ1n) is 9.52. The van der Waals surface area contributed by atoms with Gasteiger partial charge in [-0.25, -0.2) is 0 Å². The fraction of sp³-hybridized carbons (Fsp3) is 0.273. The molecular weight excluding hydrogens is 418 g/mol. The van der Waals surface area contributed by atoms with Crippen molar-refractivity contribution in [2.45, 2.75) is 19.1 Å². The third-order valence-electron chi connectivity index (χ3n) is 4.20. The van der Waals surface area contributed by atoms with Crippen LogP contribution in [0.4, 0.5) is 11.4 Å². The second-order valence-electron chi connectivity index (χ2n) is 6.69. The first-order valence-corrected chi connectivity index (χ1v) is 10.6. The van der Waals surface area contributed by atoms with Gasteiger partial charge in [-0.1, -0.05) is 17.7 Å². The SMILES string of the molecule is COC(=O)CNC(=O)c1ccc(NC(=O)C(C)SCC(=O)Nc2ccc(C)cc2)cc1. The van der Waals surface area contributed by atoms with Gasteiger partial charge in [0.25, 0.3) is 5.91 Å². The minimum Gasteiger partial charge on any atom is -0.468 e. The summed E-state index contributed by atoms with van der Waals surface area (Å²) in [7, 11) is 1.24. The van der Waals surface area contributed by atoms with Crippen molar-refractivity contribution in [2.75, 3.05) is 30.0 Å². The second kappa shape index (κ2) is 11.8. The third-order valence-corrected chi connectivity index (χ3v) is 5.35. The lowest BCUT2D eigenvalue weighted by Gasteiger charge is -2.12. The molecule has 0 fully saturated rings. The molecule has 0 saturated heterocycles. The van der Waals surface area contributed by atoms with Gasteiger partial charge in [-0.3, -0.25) is 19.2 Å². The molecule has 8 nitrogen and oxygen atoms in total. The van der Waals surface area contributed by atoms with Gasteiger partial charge >= 0.3 is 5.97 Å². The number of hydrogen-bond donors (Lipinski definition) is 3. The van der Waals surface area contributed by atoms with E-state index in [-0.39, 0.29) is 24.1 Å². The zero-order valence-electron chi connectivity index (χ0n) is 17.6. The van der Waals surface area contributed by atoms with Crippen molar-refractivity contribution in [3.05, 3.63) is 59.7 Å². The number of hydrogen-bond acceptors (Lipinski definition) is 6. The number of esters is 1. The number of benzene rings is 2. The number of rotatable bonds is 9. The maximum Gasteiger partial charge on any atom is 0.325 e. The number of nitrogens with one attached hydrogen (secondary N) is 3. The first-order chi connectivity index (χ1) is 14.8. The molecular formula is C22H25N3O5S. The molecule has 0 heterocycles. The number of carbonyl (C=O) groups excluding carboxylic acids is 4. The fourth-order valence-electron chi connectivity index (χ4n) is 2.39. The lowest BCUT2D eigenvalue weighted by atomic mass is 10.2. The number of methoxy groups -OCH3 is 1. The highest BCUT2D eigenvalue weighted by molar-refractivity contribution is 8.01. The molecule has 0 spiro atoms. The number of aryl methyl sites for hydroxylation is 1. The Morgan fingerprint density at radius 2 is 1.52 bits per heavy atom. The molecule has 3 amide bonds. The molecule has 1 atom stereocenters. The maximum atomic E-state index is 12.4. The lowest BCUT2D eigenvalue weighted by molar-refractivity contribution is -0.139. The van der Waals surface area contributed by atoms with Crippen molar-refractivity contribution in [3.63, 3.8) is 0 Å². The van der Waals surface area contributed by atoms with Crippen LogP contribution < -0.4 is 16.0 Å². The van der Waals surface area contributed by atoms with E-state index in [1.54, 1.807) is 19.1 Å². The molecule has 0 saturated carbocycles. The van der Waals surface area contributed by atoms with Gasteiger partial charge in [0.2, 0.25) is 11.8 Å². The van der Waals surface area contributed by atoms with Crippen LogP contribution in [0.25, 0.3) is 0 Å². The Morgan fingerprint density at radius 1 is 0.935 bits per heavy atom. The minimum atomic E-state index is -0.545. The van der Waals surface area contributed by atoms with E-state index in [2.05, 4.69) is 20.7 Å². The van der Waals surface area contributed by atoms with Gasteiger partial charge in [-0.15, -0.1) is 11.8 Å². The topological polar surface area (TPSA) is 114 Å². The second-order valence-corrected chi connectivity index (χ2v) is 8.02. The molecule has 0 radical (unpaired) electrons. The third kappa shape index (κ3) is 8.13. The van der Waals surface area contributed by atoms with Gasteiger partial charge in [0.1, 0.15) is 6.54 Å². The largest absolute Gasteiger partial charge is 0.468 e. The van der Waals surface area contributed by atoms with Crippen molar-refractivity contribution in [3.8, 4) is 0 Å². The Morgan fingerprint density at radius 3 is 2.13 bits per heavy atom. The quantitative estimate of drug-likeness (QED) is 0.514. The molecule has 31 heavy (non-hydrogen) atoms. The smallest absolute Gasteiger partial charge is 0.325 e. The van der Waals surface area contributed by atoms with Crippen molar-refractivity contribution in [1.82, 2.24) is 5.32 Å². The molecule has 9 heteroatoms. The number of anilines is 2. The molecule has 0 aliphatic heterocycles. The number of ether oxygens (including phenoxy) is 1. The number of amides is 3. The van der Waals surface area contributed by atoms with Crippen LogP contribution in [0, 0.1) is 6.92 Å². The Hall–Kier alpha value is -3.33. The normalized spacial score (nSPS) is 11.2. The summed E-state index contributed by atoms with van der Waals surface area (Å²) in [6.45, 7) is 3.46. The summed E-state index contributed by atoms with van der Waals surface area (Å²) in [5.41, 5.74) is 2.68. The standard InChI is InChI=1S/C22H25N3O5S/c1-14-4-8-17(9-5-14)24-19(26)13-31-15(2)21(28)25-18-10-6-16(7-11-18)22(29)23-12-20(27)30-3/h4-11,15H,12-13H2,1-3H3,(H,23,29)(H,24,26)(H,25,28). The summed E-state index contributed by atoms with van der Waals surface area (Å²) >= 11 is 1.22. The van der Waals surface area contributed by atoms with Crippen molar-refractivity contribution in [2.24, 2.45) is 0 Å². The molecule has 3 N–H and O–H groups in total. The van der Waals surface area contributed by atoms with Crippen LogP contribution in [0.5, 0.6) is 0 Å². The highest BCUT2D eigenvalue weighted by atomic mass is 32.2. The lowest BCUT2D eigenvalue weighted by Crippen LogP contribution is -2.30. The summed E-state index contributed by atoms with van der Waals surface area (Å²) < 4.78 is 4.46. The van der Waals surface area contributed by atoms with Crippen LogP contribution in [0.15, 0.2) is 48.5 Å². The zero-order valence-corrected chi connectivity index (χ0v) is 18.4. The van der Waals surface area contributed by atoms with Gasteiger partial charge in [-0.2, -0.15) is 0 Å².